The third kappa shape index (κ3) is 7.47. The van der Waals surface area contributed by atoms with Crippen LogP contribution in [0.2, 0.25) is 0 Å². The van der Waals surface area contributed by atoms with Gasteiger partial charge in [-0.15, -0.1) is 0 Å². The SMILES string of the molecule is CCCCCCC([O])=O. The third-order valence-corrected chi connectivity index (χ3v) is 1.23. The standard InChI is InChI=1S/C7H13O2/c1-2-3-4-5-6-7(8)9/h2-6H2,1H3. The average Bonchev–Trinajstić information content (AvgIpc) is 1.80. The Morgan fingerprint density at radius 2 is 1.89 bits per heavy atom. The highest BCUT2D eigenvalue weighted by Crippen LogP contribution is 2.01. The Labute approximate surface area is 55.9 Å². The van der Waals surface area contributed by atoms with Crippen LogP contribution in [-0.4, -0.2) is 5.97 Å². The summed E-state index contributed by atoms with van der Waals surface area (Å²) in [6.45, 7) is 2.10. The Kier molecular flexibility index (Phi) is 5.27. The van der Waals surface area contributed by atoms with Crippen LogP contribution < -0.4 is 0 Å². The molecule has 0 aromatic carbocycles. The van der Waals surface area contributed by atoms with Gasteiger partial charge in [0.1, 0.15) is 0 Å². The number of rotatable bonds is 5. The Hall–Kier alpha value is -0.530. The molecule has 0 aromatic heterocycles. The van der Waals surface area contributed by atoms with Crippen LogP contribution in [0.15, 0.2) is 0 Å². The fourth-order valence-corrected chi connectivity index (χ4v) is 0.696. The van der Waals surface area contributed by atoms with Crippen molar-refractivity contribution < 1.29 is 9.90 Å². The molecule has 0 aliphatic heterocycles. The molecule has 0 saturated carbocycles. The highest BCUT2D eigenvalue weighted by molar-refractivity contribution is 5.66. The molecule has 0 fully saturated rings. The number of unbranched alkanes of at least 4 members (excludes halogenated alkanes) is 3. The van der Waals surface area contributed by atoms with Gasteiger partial charge in [-0.1, -0.05) is 26.2 Å². The van der Waals surface area contributed by atoms with Gasteiger partial charge in [-0.3, -0.25) is 0 Å². The van der Waals surface area contributed by atoms with Crippen molar-refractivity contribution in [3.63, 3.8) is 0 Å². The highest BCUT2D eigenvalue weighted by atomic mass is 16.4. The molecule has 0 spiro atoms. The summed E-state index contributed by atoms with van der Waals surface area (Å²) in [6.07, 6.45) is 4.29. The van der Waals surface area contributed by atoms with Crippen LogP contribution in [0.3, 0.4) is 0 Å². The van der Waals surface area contributed by atoms with Crippen LogP contribution in [0.4, 0.5) is 0 Å². The normalized spacial score (nSPS) is 9.44. The summed E-state index contributed by atoms with van der Waals surface area (Å²) in [7, 11) is 0. The first-order valence-corrected chi connectivity index (χ1v) is 3.47. The van der Waals surface area contributed by atoms with Crippen LogP contribution in [0, 0.1) is 0 Å². The molecule has 0 heterocycles. The quantitative estimate of drug-likeness (QED) is 0.522. The van der Waals surface area contributed by atoms with Crippen LogP contribution in [0.25, 0.3) is 0 Å². The third-order valence-electron chi connectivity index (χ3n) is 1.23. The monoisotopic (exact) mass is 129 g/mol. The predicted molar refractivity (Wildman–Crippen MR) is 34.5 cm³/mol. The van der Waals surface area contributed by atoms with Gasteiger partial charge in [0.2, 0.25) is 0 Å². The van der Waals surface area contributed by atoms with Crippen molar-refractivity contribution >= 4 is 5.97 Å². The van der Waals surface area contributed by atoms with Crippen LogP contribution in [0.5, 0.6) is 0 Å². The van der Waals surface area contributed by atoms with Crippen molar-refractivity contribution in [2.75, 3.05) is 0 Å². The fourth-order valence-electron chi connectivity index (χ4n) is 0.696. The second kappa shape index (κ2) is 5.60. The molecule has 0 bridgehead atoms. The molecule has 0 aromatic rings. The smallest absolute Gasteiger partial charge is 0.247 e. The molecule has 0 aliphatic carbocycles. The minimum absolute atomic E-state index is 0.222. The highest BCUT2D eigenvalue weighted by Gasteiger charge is 1.96. The number of carbonyl (C=O) groups excluding carboxylic acids is 1. The van der Waals surface area contributed by atoms with E-state index in [0.29, 0.717) is 0 Å². The summed E-state index contributed by atoms with van der Waals surface area (Å²) >= 11 is 0. The van der Waals surface area contributed by atoms with Crippen LogP contribution in [0.1, 0.15) is 39.0 Å². The molecule has 9 heavy (non-hydrogen) atoms. The maximum atomic E-state index is 9.85. The van der Waals surface area contributed by atoms with E-state index >= 15 is 0 Å². The minimum Gasteiger partial charge on any atom is -0.247 e. The van der Waals surface area contributed by atoms with E-state index in [4.69, 9.17) is 0 Å². The molecule has 0 aliphatic rings. The molecule has 2 heteroatoms. The van der Waals surface area contributed by atoms with Gasteiger partial charge < -0.3 is 0 Å². The van der Waals surface area contributed by atoms with Gasteiger partial charge in [0.15, 0.2) is 0 Å². The van der Waals surface area contributed by atoms with Crippen LogP contribution >= 0.6 is 0 Å². The molecular formula is C7H13O2. The van der Waals surface area contributed by atoms with Crippen molar-refractivity contribution in [1.29, 1.82) is 0 Å². The predicted octanol–water partition coefficient (Wildman–Crippen LogP) is 1.91. The second-order valence-corrected chi connectivity index (χ2v) is 2.18. The molecular weight excluding hydrogens is 116 g/mol. The lowest BCUT2D eigenvalue weighted by Crippen LogP contribution is -1.90. The van der Waals surface area contributed by atoms with Crippen molar-refractivity contribution in [1.82, 2.24) is 0 Å². The lowest BCUT2D eigenvalue weighted by Gasteiger charge is -1.91. The molecule has 0 saturated heterocycles. The van der Waals surface area contributed by atoms with Gasteiger partial charge >= 0.3 is 5.97 Å². The summed E-state index contributed by atoms with van der Waals surface area (Å²) < 4.78 is 0. The summed E-state index contributed by atoms with van der Waals surface area (Å²) in [4.78, 5) is 9.85. The van der Waals surface area contributed by atoms with E-state index in [1.165, 1.54) is 0 Å². The van der Waals surface area contributed by atoms with E-state index in [2.05, 4.69) is 6.92 Å². The lowest BCUT2D eigenvalue weighted by atomic mass is 10.2. The van der Waals surface area contributed by atoms with E-state index < -0.39 is 5.97 Å². The molecule has 0 rings (SSSR count). The first-order valence-electron chi connectivity index (χ1n) is 3.47. The molecule has 53 valence electrons. The van der Waals surface area contributed by atoms with E-state index in [1.54, 1.807) is 0 Å². The first kappa shape index (κ1) is 8.47. The summed E-state index contributed by atoms with van der Waals surface area (Å²) in [5, 5.41) is 9.85. The summed E-state index contributed by atoms with van der Waals surface area (Å²) in [5.41, 5.74) is 0. The zero-order chi connectivity index (χ0) is 7.11. The van der Waals surface area contributed by atoms with Gasteiger partial charge in [0.05, 0.1) is 6.42 Å². The summed E-state index contributed by atoms with van der Waals surface area (Å²) in [6, 6.07) is 0. The number of hydrogen-bond acceptors (Lipinski definition) is 1. The van der Waals surface area contributed by atoms with Gasteiger partial charge in [0, 0.05) is 0 Å². The number of carbonyl (C=O) groups is 1. The molecule has 0 atom stereocenters. The van der Waals surface area contributed by atoms with Gasteiger partial charge in [0.25, 0.3) is 0 Å². The van der Waals surface area contributed by atoms with Gasteiger partial charge in [-0.25, -0.2) is 9.90 Å². The van der Waals surface area contributed by atoms with E-state index in [9.17, 15) is 9.90 Å². The van der Waals surface area contributed by atoms with Gasteiger partial charge in [-0.05, 0) is 6.42 Å². The fraction of sp³-hybridized carbons (Fsp3) is 0.857. The molecule has 1 radical (unpaired) electrons. The second-order valence-electron chi connectivity index (χ2n) is 2.18. The van der Waals surface area contributed by atoms with Crippen molar-refractivity contribution in [3.05, 3.63) is 0 Å². The lowest BCUT2D eigenvalue weighted by molar-refractivity contribution is -0.143. The maximum absolute atomic E-state index is 9.85. The average molecular weight is 129 g/mol. The van der Waals surface area contributed by atoms with Crippen LogP contribution in [-0.2, 0) is 9.90 Å². The summed E-state index contributed by atoms with van der Waals surface area (Å²) in [5.74, 6) is -0.925. The van der Waals surface area contributed by atoms with Gasteiger partial charge in [-0.2, -0.15) is 0 Å². The van der Waals surface area contributed by atoms with Crippen molar-refractivity contribution in [2.45, 2.75) is 39.0 Å². The zero-order valence-corrected chi connectivity index (χ0v) is 5.85. The molecule has 0 unspecified atom stereocenters. The Bertz CT molecular complexity index is 79.0. The number of hydrogen-bond donors (Lipinski definition) is 0. The molecule has 2 nitrogen and oxygen atoms in total. The van der Waals surface area contributed by atoms with Crippen molar-refractivity contribution in [3.8, 4) is 0 Å². The van der Waals surface area contributed by atoms with E-state index in [1.807, 2.05) is 0 Å². The maximum Gasteiger partial charge on any atom is 0.355 e. The Balaban J connectivity index is 2.83. The minimum atomic E-state index is -0.925. The van der Waals surface area contributed by atoms with E-state index in [0.717, 1.165) is 25.7 Å². The van der Waals surface area contributed by atoms with E-state index in [-0.39, 0.29) is 6.42 Å². The largest absolute Gasteiger partial charge is 0.355 e. The Morgan fingerprint density at radius 3 is 2.33 bits per heavy atom. The zero-order valence-electron chi connectivity index (χ0n) is 5.85. The Morgan fingerprint density at radius 1 is 1.22 bits per heavy atom. The topological polar surface area (TPSA) is 37.0 Å². The molecule has 0 N–H and O–H groups in total. The molecule has 0 amide bonds. The van der Waals surface area contributed by atoms with Crippen molar-refractivity contribution in [2.24, 2.45) is 0 Å². The first-order chi connectivity index (χ1) is 4.27.